The summed E-state index contributed by atoms with van der Waals surface area (Å²) in [6.07, 6.45) is 6.22. The van der Waals surface area contributed by atoms with Crippen molar-refractivity contribution in [1.82, 2.24) is 4.90 Å². The highest BCUT2D eigenvalue weighted by Crippen LogP contribution is 2.54. The van der Waals surface area contributed by atoms with E-state index in [9.17, 15) is 14.7 Å². The van der Waals surface area contributed by atoms with Crippen LogP contribution in [0.25, 0.3) is 0 Å². The van der Waals surface area contributed by atoms with E-state index < -0.39 is 22.8 Å². The predicted octanol–water partition coefficient (Wildman–Crippen LogP) is 4.65. The number of likely N-dealkylation sites (tertiary alicyclic amines) is 1. The molecule has 1 aliphatic heterocycles. The largest absolute Gasteiger partial charge is 0.481 e. The third-order valence-electron chi connectivity index (χ3n) is 7.61. The highest BCUT2D eigenvalue weighted by Gasteiger charge is 2.58. The smallest absolute Gasteiger partial charge is 0.309 e. The SMILES string of the molecule is CC(CCCCC(=O)O)C(C)(N1CCCCC1)C(C)(C)C(C)(C)C(=O)O. The molecule has 5 heteroatoms. The van der Waals surface area contributed by atoms with Gasteiger partial charge in [-0.15, -0.1) is 0 Å². The van der Waals surface area contributed by atoms with Crippen LogP contribution in [0.5, 0.6) is 0 Å². The maximum absolute atomic E-state index is 12.1. The molecule has 1 rings (SSSR count). The first kappa shape index (κ1) is 22.9. The molecular weight excluding hydrogens is 330 g/mol. The standard InChI is InChI=1S/C21H39NO4/c1-16(12-8-9-13-17(23)24)21(6,22-14-10-7-11-15-22)20(4,5)19(2,3)18(25)26/h16H,7-15H2,1-6H3,(H,23,24)(H,25,26). The van der Waals surface area contributed by atoms with E-state index in [1.165, 1.54) is 6.42 Å². The number of carbonyl (C=O) groups is 2. The predicted molar refractivity (Wildman–Crippen MR) is 104 cm³/mol. The van der Waals surface area contributed by atoms with Gasteiger partial charge in [0.25, 0.3) is 0 Å². The van der Waals surface area contributed by atoms with Crippen LogP contribution in [0.4, 0.5) is 0 Å². The molecule has 1 saturated heterocycles. The second kappa shape index (κ2) is 8.73. The Morgan fingerprint density at radius 2 is 1.50 bits per heavy atom. The summed E-state index contributed by atoms with van der Waals surface area (Å²) in [7, 11) is 0. The van der Waals surface area contributed by atoms with Crippen LogP contribution < -0.4 is 0 Å². The van der Waals surface area contributed by atoms with Gasteiger partial charge in [0.05, 0.1) is 5.41 Å². The zero-order valence-corrected chi connectivity index (χ0v) is 17.6. The Bertz CT molecular complexity index is 494. The molecule has 2 atom stereocenters. The molecule has 0 aromatic heterocycles. The van der Waals surface area contributed by atoms with E-state index >= 15 is 0 Å². The molecule has 152 valence electrons. The maximum atomic E-state index is 12.1. The lowest BCUT2D eigenvalue weighted by molar-refractivity contribution is -0.169. The number of hydrogen-bond donors (Lipinski definition) is 2. The van der Waals surface area contributed by atoms with Gasteiger partial charge in [0, 0.05) is 12.0 Å². The Hall–Kier alpha value is -1.10. The van der Waals surface area contributed by atoms with Gasteiger partial charge in [0.15, 0.2) is 0 Å². The fraction of sp³-hybridized carbons (Fsp3) is 0.905. The van der Waals surface area contributed by atoms with Crippen molar-refractivity contribution < 1.29 is 19.8 Å². The van der Waals surface area contributed by atoms with E-state index in [-0.39, 0.29) is 17.9 Å². The second-order valence-electron chi connectivity index (χ2n) is 9.29. The minimum Gasteiger partial charge on any atom is -0.481 e. The van der Waals surface area contributed by atoms with Gasteiger partial charge in [-0.05, 0) is 70.9 Å². The van der Waals surface area contributed by atoms with E-state index in [0.717, 1.165) is 38.8 Å². The number of carboxylic acids is 2. The molecule has 0 aliphatic carbocycles. The Morgan fingerprint density at radius 1 is 0.962 bits per heavy atom. The number of hydrogen-bond acceptors (Lipinski definition) is 3. The zero-order valence-electron chi connectivity index (χ0n) is 17.6. The minimum atomic E-state index is -0.867. The van der Waals surface area contributed by atoms with Crippen LogP contribution in [0.2, 0.25) is 0 Å². The Labute approximate surface area is 159 Å². The molecule has 0 spiro atoms. The fourth-order valence-corrected chi connectivity index (χ4v) is 4.59. The van der Waals surface area contributed by atoms with Gasteiger partial charge >= 0.3 is 11.9 Å². The Morgan fingerprint density at radius 3 is 1.96 bits per heavy atom. The normalized spacial score (nSPS) is 20.4. The molecule has 1 heterocycles. The van der Waals surface area contributed by atoms with Gasteiger partial charge < -0.3 is 10.2 Å². The molecule has 26 heavy (non-hydrogen) atoms. The highest BCUT2D eigenvalue weighted by atomic mass is 16.4. The van der Waals surface area contributed by atoms with E-state index in [4.69, 9.17) is 5.11 Å². The molecule has 2 unspecified atom stereocenters. The minimum absolute atomic E-state index is 0.206. The summed E-state index contributed by atoms with van der Waals surface area (Å²) >= 11 is 0. The maximum Gasteiger partial charge on any atom is 0.309 e. The number of carboxylic acid groups (broad SMARTS) is 2. The zero-order chi connectivity index (χ0) is 20.2. The Kier molecular flexibility index (Phi) is 7.70. The molecule has 0 aromatic carbocycles. The van der Waals surface area contributed by atoms with E-state index in [2.05, 4.69) is 32.6 Å². The topological polar surface area (TPSA) is 77.8 Å². The number of aliphatic carboxylic acids is 2. The first-order valence-electron chi connectivity index (χ1n) is 10.1. The van der Waals surface area contributed by atoms with Crippen LogP contribution in [0.3, 0.4) is 0 Å². The lowest BCUT2D eigenvalue weighted by atomic mass is 9.53. The number of piperidine rings is 1. The van der Waals surface area contributed by atoms with E-state index in [1.54, 1.807) is 0 Å². The molecule has 0 amide bonds. The molecule has 0 bridgehead atoms. The number of rotatable bonds is 10. The van der Waals surface area contributed by atoms with Crippen LogP contribution in [0, 0.1) is 16.7 Å². The molecular formula is C21H39NO4. The van der Waals surface area contributed by atoms with Crippen molar-refractivity contribution >= 4 is 11.9 Å². The van der Waals surface area contributed by atoms with Gasteiger partial charge in [-0.1, -0.05) is 33.6 Å². The molecule has 2 N–H and O–H groups in total. The lowest BCUT2D eigenvalue weighted by Gasteiger charge is -2.60. The fourth-order valence-electron chi connectivity index (χ4n) is 4.59. The van der Waals surface area contributed by atoms with Crippen molar-refractivity contribution in [2.45, 2.75) is 92.0 Å². The quantitative estimate of drug-likeness (QED) is 0.548. The average molecular weight is 370 g/mol. The molecule has 5 nitrogen and oxygen atoms in total. The summed E-state index contributed by atoms with van der Waals surface area (Å²) in [5, 5.41) is 18.8. The number of unbranched alkanes of at least 4 members (excludes halogenated alkanes) is 1. The number of nitrogens with zero attached hydrogens (tertiary/aromatic N) is 1. The monoisotopic (exact) mass is 369 g/mol. The van der Waals surface area contributed by atoms with Crippen molar-refractivity contribution in [1.29, 1.82) is 0 Å². The molecule has 0 aromatic rings. The van der Waals surface area contributed by atoms with Crippen LogP contribution in [-0.2, 0) is 9.59 Å². The van der Waals surface area contributed by atoms with Crippen LogP contribution >= 0.6 is 0 Å². The van der Waals surface area contributed by atoms with Crippen LogP contribution in [-0.4, -0.2) is 45.7 Å². The highest BCUT2D eigenvalue weighted by molar-refractivity contribution is 5.75. The summed E-state index contributed by atoms with van der Waals surface area (Å²) in [4.78, 5) is 25.4. The Balaban J connectivity index is 3.13. The lowest BCUT2D eigenvalue weighted by Crippen LogP contribution is -2.66. The van der Waals surface area contributed by atoms with Crippen molar-refractivity contribution in [3.63, 3.8) is 0 Å². The molecule has 1 fully saturated rings. The summed E-state index contributed by atoms with van der Waals surface area (Å²) in [6, 6.07) is 0. The summed E-state index contributed by atoms with van der Waals surface area (Å²) in [5.74, 6) is -1.23. The second-order valence-corrected chi connectivity index (χ2v) is 9.29. The average Bonchev–Trinajstić information content (AvgIpc) is 2.57. The third kappa shape index (κ3) is 4.41. The third-order valence-corrected chi connectivity index (χ3v) is 7.61. The molecule has 0 radical (unpaired) electrons. The van der Waals surface area contributed by atoms with E-state index in [0.29, 0.717) is 6.42 Å². The van der Waals surface area contributed by atoms with Gasteiger partial charge in [0.2, 0.25) is 0 Å². The van der Waals surface area contributed by atoms with Crippen molar-refractivity contribution in [3.8, 4) is 0 Å². The van der Waals surface area contributed by atoms with E-state index in [1.807, 2.05) is 13.8 Å². The van der Waals surface area contributed by atoms with Crippen molar-refractivity contribution in [2.24, 2.45) is 16.7 Å². The molecule has 0 saturated carbocycles. The first-order chi connectivity index (χ1) is 11.9. The molecule has 1 aliphatic rings. The van der Waals surface area contributed by atoms with Gasteiger partial charge in [-0.25, -0.2) is 0 Å². The van der Waals surface area contributed by atoms with Gasteiger partial charge in [-0.3, -0.25) is 14.5 Å². The summed E-state index contributed by atoms with van der Waals surface area (Å²) in [6.45, 7) is 14.4. The first-order valence-corrected chi connectivity index (χ1v) is 10.1. The van der Waals surface area contributed by atoms with Gasteiger partial charge in [-0.2, -0.15) is 0 Å². The summed E-state index contributed by atoms with van der Waals surface area (Å²) < 4.78 is 0. The summed E-state index contributed by atoms with van der Waals surface area (Å²) in [5.41, 5.74) is -1.58. The van der Waals surface area contributed by atoms with Crippen molar-refractivity contribution in [2.75, 3.05) is 13.1 Å². The van der Waals surface area contributed by atoms with Gasteiger partial charge in [0.1, 0.15) is 0 Å². The van der Waals surface area contributed by atoms with Crippen molar-refractivity contribution in [3.05, 3.63) is 0 Å². The van der Waals surface area contributed by atoms with Crippen LogP contribution in [0.1, 0.15) is 86.5 Å². The van der Waals surface area contributed by atoms with Crippen LogP contribution in [0.15, 0.2) is 0 Å².